The Morgan fingerprint density at radius 3 is 2.92 bits per heavy atom. The number of amides is 1. The number of rotatable bonds is 3. The van der Waals surface area contributed by atoms with Gasteiger partial charge < -0.3 is 5.73 Å². The third-order valence-electron chi connectivity index (χ3n) is 1.46. The normalized spacial score (nSPS) is 8.92. The number of hydrogen-bond donors (Lipinski definition) is 1. The van der Waals surface area contributed by atoms with Gasteiger partial charge in [-0.3, -0.25) is 4.79 Å². The molecule has 1 rings (SSSR count). The van der Waals surface area contributed by atoms with Gasteiger partial charge in [-0.05, 0) is 17.7 Å². The van der Waals surface area contributed by atoms with Gasteiger partial charge in [0, 0.05) is 0 Å². The summed E-state index contributed by atoms with van der Waals surface area (Å²) in [5.41, 5.74) is 6.22. The number of benzene rings is 1. The van der Waals surface area contributed by atoms with Crippen LogP contribution in [-0.4, -0.2) is 12.0 Å². The van der Waals surface area contributed by atoms with E-state index in [0.29, 0.717) is 5.69 Å². The van der Waals surface area contributed by atoms with Crippen LogP contribution in [0, 0.1) is 0 Å². The van der Waals surface area contributed by atoms with Crippen LogP contribution in [0.1, 0.15) is 5.56 Å². The summed E-state index contributed by atoms with van der Waals surface area (Å²) in [7, 11) is 0. The number of primary amides is 1. The SMILES string of the molecule is NC(=O)Cc1cccc(N=C=O)c1. The highest BCUT2D eigenvalue weighted by atomic mass is 16.1. The van der Waals surface area contributed by atoms with E-state index in [4.69, 9.17) is 5.73 Å². The van der Waals surface area contributed by atoms with Gasteiger partial charge in [-0.25, -0.2) is 4.79 Å². The molecule has 0 aliphatic heterocycles. The maximum absolute atomic E-state index is 10.6. The highest BCUT2D eigenvalue weighted by Gasteiger charge is 1.98. The van der Waals surface area contributed by atoms with Crippen molar-refractivity contribution in [3.8, 4) is 0 Å². The summed E-state index contributed by atoms with van der Waals surface area (Å²) in [4.78, 5) is 23.9. The van der Waals surface area contributed by atoms with Crippen LogP contribution in [0.15, 0.2) is 29.3 Å². The van der Waals surface area contributed by atoms with Crippen LogP contribution in [0.2, 0.25) is 0 Å². The van der Waals surface area contributed by atoms with E-state index in [0.717, 1.165) is 5.56 Å². The Bertz CT molecular complexity index is 368. The lowest BCUT2D eigenvalue weighted by molar-refractivity contribution is -0.117. The zero-order chi connectivity index (χ0) is 9.68. The first-order valence-corrected chi connectivity index (χ1v) is 3.67. The summed E-state index contributed by atoms with van der Waals surface area (Å²) in [6, 6.07) is 6.72. The summed E-state index contributed by atoms with van der Waals surface area (Å²) in [5.74, 6) is -0.410. The third kappa shape index (κ3) is 2.89. The van der Waals surface area contributed by atoms with Gasteiger partial charge in [0.15, 0.2) is 0 Å². The Balaban J connectivity index is 2.91. The predicted molar refractivity (Wildman–Crippen MR) is 47.1 cm³/mol. The Labute approximate surface area is 75.1 Å². The van der Waals surface area contributed by atoms with Gasteiger partial charge in [0.05, 0.1) is 12.1 Å². The number of carbonyl (C=O) groups excluding carboxylic acids is 2. The van der Waals surface area contributed by atoms with Crippen LogP contribution in [0.3, 0.4) is 0 Å². The van der Waals surface area contributed by atoms with E-state index in [1.165, 1.54) is 6.08 Å². The van der Waals surface area contributed by atoms with Crippen LogP contribution in [0.4, 0.5) is 5.69 Å². The van der Waals surface area contributed by atoms with Crippen molar-refractivity contribution in [2.24, 2.45) is 10.7 Å². The minimum absolute atomic E-state index is 0.155. The number of isocyanates is 1. The van der Waals surface area contributed by atoms with Crippen molar-refractivity contribution in [2.75, 3.05) is 0 Å². The average molecular weight is 176 g/mol. The largest absolute Gasteiger partial charge is 0.369 e. The smallest absolute Gasteiger partial charge is 0.240 e. The Kier molecular flexibility index (Phi) is 2.95. The molecule has 0 fully saturated rings. The Morgan fingerprint density at radius 2 is 2.31 bits per heavy atom. The second kappa shape index (κ2) is 4.18. The standard InChI is InChI=1S/C9H8N2O2/c10-9(13)5-7-2-1-3-8(4-7)11-6-12/h1-4H,5H2,(H2,10,13). The molecular weight excluding hydrogens is 168 g/mol. The molecule has 66 valence electrons. The zero-order valence-electron chi connectivity index (χ0n) is 6.86. The molecule has 0 aliphatic rings. The quantitative estimate of drug-likeness (QED) is 0.543. The highest BCUT2D eigenvalue weighted by Crippen LogP contribution is 2.13. The number of nitrogens with two attached hydrogens (primary N) is 1. The van der Waals surface area contributed by atoms with Crippen LogP contribution in [-0.2, 0) is 16.0 Å². The van der Waals surface area contributed by atoms with Crippen molar-refractivity contribution in [1.82, 2.24) is 0 Å². The van der Waals surface area contributed by atoms with Gasteiger partial charge in [-0.15, -0.1) is 0 Å². The number of aliphatic imine (C=N–C) groups is 1. The molecule has 0 aliphatic carbocycles. The molecular formula is C9H8N2O2. The number of nitrogens with zero attached hydrogens (tertiary/aromatic N) is 1. The van der Waals surface area contributed by atoms with Crippen molar-refractivity contribution in [3.63, 3.8) is 0 Å². The van der Waals surface area contributed by atoms with Crippen molar-refractivity contribution in [1.29, 1.82) is 0 Å². The van der Waals surface area contributed by atoms with E-state index >= 15 is 0 Å². The van der Waals surface area contributed by atoms with E-state index in [1.54, 1.807) is 24.3 Å². The Hall–Kier alpha value is -1.93. The van der Waals surface area contributed by atoms with Gasteiger partial charge in [-0.2, -0.15) is 4.99 Å². The molecule has 13 heavy (non-hydrogen) atoms. The summed E-state index contributed by atoms with van der Waals surface area (Å²) in [5, 5.41) is 0. The van der Waals surface area contributed by atoms with Crippen LogP contribution in [0.25, 0.3) is 0 Å². The van der Waals surface area contributed by atoms with Gasteiger partial charge in [0.25, 0.3) is 0 Å². The van der Waals surface area contributed by atoms with E-state index < -0.39 is 5.91 Å². The van der Waals surface area contributed by atoms with Gasteiger partial charge in [-0.1, -0.05) is 12.1 Å². The first-order chi connectivity index (χ1) is 6.22. The third-order valence-corrected chi connectivity index (χ3v) is 1.46. The molecule has 1 aromatic rings. The molecule has 0 aromatic heterocycles. The molecule has 0 spiro atoms. The molecule has 4 heteroatoms. The number of carbonyl (C=O) groups is 1. The molecule has 0 unspecified atom stereocenters. The molecule has 0 saturated heterocycles. The monoisotopic (exact) mass is 176 g/mol. The summed E-state index contributed by atoms with van der Waals surface area (Å²) in [6.07, 6.45) is 1.58. The van der Waals surface area contributed by atoms with Crippen LogP contribution >= 0.6 is 0 Å². The molecule has 0 bridgehead atoms. The van der Waals surface area contributed by atoms with Gasteiger partial charge >= 0.3 is 0 Å². The summed E-state index contributed by atoms with van der Waals surface area (Å²) in [6.45, 7) is 0. The molecule has 1 aromatic carbocycles. The average Bonchev–Trinajstić information content (AvgIpc) is 2.04. The highest BCUT2D eigenvalue weighted by molar-refractivity contribution is 5.76. The molecule has 4 nitrogen and oxygen atoms in total. The summed E-state index contributed by atoms with van der Waals surface area (Å²) < 4.78 is 0. The van der Waals surface area contributed by atoms with E-state index in [9.17, 15) is 9.59 Å². The van der Waals surface area contributed by atoms with Crippen molar-refractivity contribution < 1.29 is 9.59 Å². The maximum Gasteiger partial charge on any atom is 0.240 e. The van der Waals surface area contributed by atoms with Crippen molar-refractivity contribution >= 4 is 17.7 Å². The van der Waals surface area contributed by atoms with Gasteiger partial charge in [0.1, 0.15) is 0 Å². The zero-order valence-corrected chi connectivity index (χ0v) is 6.86. The first-order valence-electron chi connectivity index (χ1n) is 3.67. The van der Waals surface area contributed by atoms with Crippen LogP contribution in [0.5, 0.6) is 0 Å². The lowest BCUT2D eigenvalue weighted by Gasteiger charge is -1.97. The molecule has 2 N–H and O–H groups in total. The minimum Gasteiger partial charge on any atom is -0.369 e. The molecule has 1 amide bonds. The van der Waals surface area contributed by atoms with E-state index in [2.05, 4.69) is 4.99 Å². The molecule has 0 saturated carbocycles. The fourth-order valence-electron chi connectivity index (χ4n) is 0.990. The lowest BCUT2D eigenvalue weighted by Crippen LogP contribution is -2.13. The first kappa shape index (κ1) is 9.16. The van der Waals surface area contributed by atoms with Crippen molar-refractivity contribution in [3.05, 3.63) is 29.8 Å². The van der Waals surface area contributed by atoms with Crippen molar-refractivity contribution in [2.45, 2.75) is 6.42 Å². The fraction of sp³-hybridized carbons (Fsp3) is 0.111. The topological polar surface area (TPSA) is 72.5 Å². The molecule has 0 heterocycles. The minimum atomic E-state index is -0.410. The lowest BCUT2D eigenvalue weighted by atomic mass is 10.1. The molecule has 0 radical (unpaired) electrons. The molecule has 0 atom stereocenters. The second-order valence-corrected chi connectivity index (χ2v) is 2.52. The van der Waals surface area contributed by atoms with E-state index in [1.807, 2.05) is 0 Å². The summed E-state index contributed by atoms with van der Waals surface area (Å²) >= 11 is 0. The second-order valence-electron chi connectivity index (χ2n) is 2.52. The fourth-order valence-corrected chi connectivity index (χ4v) is 0.990. The maximum atomic E-state index is 10.6. The van der Waals surface area contributed by atoms with Crippen LogP contribution < -0.4 is 5.73 Å². The number of hydrogen-bond acceptors (Lipinski definition) is 3. The predicted octanol–water partition coefficient (Wildman–Crippen LogP) is 0.682. The van der Waals surface area contributed by atoms with E-state index in [-0.39, 0.29) is 6.42 Å². The van der Waals surface area contributed by atoms with Gasteiger partial charge in [0.2, 0.25) is 12.0 Å². The Morgan fingerprint density at radius 1 is 1.54 bits per heavy atom.